The summed E-state index contributed by atoms with van der Waals surface area (Å²) in [4.78, 5) is 2.50. The second-order valence-corrected chi connectivity index (χ2v) is 8.12. The average molecular weight is 343 g/mol. The lowest BCUT2D eigenvalue weighted by Crippen LogP contribution is -2.65. The third-order valence-corrected chi connectivity index (χ3v) is 7.14. The van der Waals surface area contributed by atoms with Gasteiger partial charge in [0.15, 0.2) is 8.46 Å². The minimum atomic E-state index is -0.0233. The first-order valence-corrected chi connectivity index (χ1v) is 9.68. The molecule has 2 bridgehead atoms. The molecular formula is C19H22NO3P. The van der Waals surface area contributed by atoms with Crippen LogP contribution in [0.4, 0.5) is 0 Å². The SMILES string of the molecule is CCO[C@H]1C=C[C@H]2[C@H]3Cc4ccc(P=O)c5c4[C@@]2(CCN3C)C1O5. The molecule has 0 amide bonds. The lowest BCUT2D eigenvalue weighted by molar-refractivity contribution is -0.0677. The first-order valence-electron chi connectivity index (χ1n) is 8.87. The van der Waals surface area contributed by atoms with E-state index in [0.717, 1.165) is 30.4 Å². The zero-order valence-corrected chi connectivity index (χ0v) is 15.0. The molecule has 1 fully saturated rings. The second-order valence-electron chi connectivity index (χ2n) is 7.45. The number of hydrogen-bond acceptors (Lipinski definition) is 4. The van der Waals surface area contributed by atoms with Gasteiger partial charge in [0.1, 0.15) is 18.0 Å². The fraction of sp³-hybridized carbons (Fsp3) is 0.579. The van der Waals surface area contributed by atoms with E-state index in [1.807, 2.05) is 13.0 Å². The van der Waals surface area contributed by atoms with Crippen LogP contribution in [-0.4, -0.2) is 43.3 Å². The highest BCUT2D eigenvalue weighted by molar-refractivity contribution is 7.34. The molecular weight excluding hydrogens is 321 g/mol. The van der Waals surface area contributed by atoms with Crippen molar-refractivity contribution in [3.05, 3.63) is 35.4 Å². The van der Waals surface area contributed by atoms with Crippen LogP contribution >= 0.6 is 8.46 Å². The second kappa shape index (κ2) is 5.14. The topological polar surface area (TPSA) is 38.8 Å². The van der Waals surface area contributed by atoms with Crippen molar-refractivity contribution in [3.8, 4) is 5.75 Å². The molecule has 4 nitrogen and oxygen atoms in total. The summed E-state index contributed by atoms with van der Waals surface area (Å²) >= 11 is 0. The molecule has 126 valence electrons. The summed E-state index contributed by atoms with van der Waals surface area (Å²) in [7, 11) is 2.28. The Hall–Kier alpha value is -1.22. The quantitative estimate of drug-likeness (QED) is 0.624. The van der Waals surface area contributed by atoms with Crippen LogP contribution in [0, 0.1) is 5.92 Å². The fourth-order valence-electron chi connectivity index (χ4n) is 5.63. The zero-order chi connectivity index (χ0) is 16.5. The molecule has 2 heterocycles. The molecule has 1 aromatic rings. The maximum absolute atomic E-state index is 11.7. The van der Waals surface area contributed by atoms with Crippen molar-refractivity contribution in [1.29, 1.82) is 0 Å². The fourth-order valence-corrected chi connectivity index (χ4v) is 6.01. The van der Waals surface area contributed by atoms with Crippen molar-refractivity contribution in [3.63, 3.8) is 0 Å². The Bertz CT molecular complexity index is 748. The molecule has 0 radical (unpaired) electrons. The minimum absolute atomic E-state index is 0.000556. The molecule has 5 heteroatoms. The molecule has 1 spiro atoms. The monoisotopic (exact) mass is 343 g/mol. The number of nitrogens with zero attached hydrogens (tertiary/aromatic N) is 1. The number of likely N-dealkylation sites (N-methyl/N-ethyl adjacent to an activating group) is 1. The van der Waals surface area contributed by atoms with E-state index in [9.17, 15) is 4.57 Å². The molecule has 2 aliphatic carbocycles. The first kappa shape index (κ1) is 15.1. The first-order chi connectivity index (χ1) is 11.7. The lowest BCUT2D eigenvalue weighted by Gasteiger charge is -2.56. The largest absolute Gasteiger partial charge is 0.485 e. The third-order valence-electron chi connectivity index (χ3n) is 6.59. The van der Waals surface area contributed by atoms with Gasteiger partial charge in [-0.2, -0.15) is 0 Å². The van der Waals surface area contributed by atoms with Crippen LogP contribution in [0.1, 0.15) is 24.5 Å². The van der Waals surface area contributed by atoms with Gasteiger partial charge in [-0.15, -0.1) is 0 Å². The predicted molar refractivity (Wildman–Crippen MR) is 92.6 cm³/mol. The Balaban J connectivity index is 1.77. The highest BCUT2D eigenvalue weighted by atomic mass is 31.1. The van der Waals surface area contributed by atoms with Gasteiger partial charge in [0, 0.05) is 29.5 Å². The number of ether oxygens (including phenoxy) is 2. The van der Waals surface area contributed by atoms with Crippen LogP contribution in [0.3, 0.4) is 0 Å². The maximum atomic E-state index is 11.7. The van der Waals surface area contributed by atoms with E-state index in [0.29, 0.717) is 18.6 Å². The minimum Gasteiger partial charge on any atom is -0.485 e. The van der Waals surface area contributed by atoms with E-state index in [2.05, 4.69) is 30.2 Å². The van der Waals surface area contributed by atoms with Gasteiger partial charge in [-0.25, -0.2) is 0 Å². The van der Waals surface area contributed by atoms with E-state index in [1.165, 1.54) is 11.1 Å². The maximum Gasteiger partial charge on any atom is 0.196 e. The molecule has 1 unspecified atom stereocenters. The van der Waals surface area contributed by atoms with Crippen LogP contribution in [0.25, 0.3) is 0 Å². The van der Waals surface area contributed by atoms with Gasteiger partial charge in [0.2, 0.25) is 0 Å². The summed E-state index contributed by atoms with van der Waals surface area (Å²) in [6.45, 7) is 3.78. The Morgan fingerprint density at radius 3 is 3.08 bits per heavy atom. The molecule has 2 aliphatic heterocycles. The molecule has 5 atom stereocenters. The van der Waals surface area contributed by atoms with Gasteiger partial charge in [-0.3, -0.25) is 4.57 Å². The highest BCUT2D eigenvalue weighted by Gasteiger charge is 2.64. The molecule has 5 rings (SSSR count). The van der Waals surface area contributed by atoms with Gasteiger partial charge in [0.05, 0.1) is 5.30 Å². The number of benzene rings is 1. The molecule has 0 saturated carbocycles. The molecule has 0 N–H and O–H groups in total. The van der Waals surface area contributed by atoms with Crippen LogP contribution in [0.5, 0.6) is 5.75 Å². The third kappa shape index (κ3) is 1.67. The molecule has 0 aromatic heterocycles. The molecule has 1 aromatic carbocycles. The normalized spacial score (nSPS) is 38.9. The summed E-state index contributed by atoms with van der Waals surface area (Å²) in [6.07, 6.45) is 6.67. The van der Waals surface area contributed by atoms with Gasteiger partial charge < -0.3 is 14.4 Å². The van der Waals surface area contributed by atoms with Gasteiger partial charge >= 0.3 is 0 Å². The van der Waals surface area contributed by atoms with E-state index in [-0.39, 0.29) is 26.1 Å². The average Bonchev–Trinajstić information content (AvgIpc) is 2.94. The summed E-state index contributed by atoms with van der Waals surface area (Å²) in [5.74, 6) is 1.32. The van der Waals surface area contributed by atoms with E-state index in [4.69, 9.17) is 9.47 Å². The summed E-state index contributed by atoms with van der Waals surface area (Å²) in [5.41, 5.74) is 2.69. The van der Waals surface area contributed by atoms with Crippen molar-refractivity contribution in [2.45, 2.75) is 43.4 Å². The van der Waals surface area contributed by atoms with E-state index < -0.39 is 0 Å². The Morgan fingerprint density at radius 1 is 1.42 bits per heavy atom. The van der Waals surface area contributed by atoms with E-state index in [1.54, 1.807) is 0 Å². The molecule has 1 saturated heterocycles. The summed E-state index contributed by atoms with van der Waals surface area (Å²) in [6, 6.07) is 4.65. The number of likely N-dealkylation sites (tertiary alicyclic amines) is 1. The standard InChI is InChI=1S/C19H22NO3P/c1-3-22-14-6-5-12-13-10-11-4-7-15(24-21)17-16(11)19(12,18(14)23-17)8-9-20(13)2/h4-7,12-14,18H,3,8-10H2,1-2H3/t12-,13+,14-,18?,19-/m0/s1. The smallest absolute Gasteiger partial charge is 0.196 e. The van der Waals surface area contributed by atoms with Crippen molar-refractivity contribution in [2.75, 3.05) is 20.2 Å². The van der Waals surface area contributed by atoms with Crippen LogP contribution in [0.2, 0.25) is 0 Å². The Morgan fingerprint density at radius 2 is 2.29 bits per heavy atom. The highest BCUT2D eigenvalue weighted by Crippen LogP contribution is 2.60. The summed E-state index contributed by atoms with van der Waals surface area (Å²) < 4.78 is 24.2. The van der Waals surface area contributed by atoms with Crippen molar-refractivity contribution < 1.29 is 14.0 Å². The molecule has 4 aliphatic rings. The Kier molecular flexibility index (Phi) is 3.23. The Labute approximate surface area is 144 Å². The van der Waals surface area contributed by atoms with Gasteiger partial charge in [0.25, 0.3) is 0 Å². The van der Waals surface area contributed by atoms with Gasteiger partial charge in [-0.05, 0) is 45.0 Å². The van der Waals surface area contributed by atoms with Crippen LogP contribution in [0.15, 0.2) is 24.3 Å². The predicted octanol–water partition coefficient (Wildman–Crippen LogP) is 2.45. The van der Waals surface area contributed by atoms with Crippen LogP contribution < -0.4 is 10.0 Å². The van der Waals surface area contributed by atoms with Crippen molar-refractivity contribution >= 4 is 13.8 Å². The van der Waals surface area contributed by atoms with Crippen molar-refractivity contribution in [2.24, 2.45) is 5.92 Å². The number of piperidine rings is 1. The number of rotatable bonds is 3. The molecule has 24 heavy (non-hydrogen) atoms. The summed E-state index contributed by atoms with van der Waals surface area (Å²) in [5, 5.41) is 0.781. The van der Waals surface area contributed by atoms with E-state index >= 15 is 0 Å². The number of hydrogen-bond donors (Lipinski definition) is 0. The zero-order valence-electron chi connectivity index (χ0n) is 14.1. The lowest BCUT2D eigenvalue weighted by atomic mass is 9.53. The van der Waals surface area contributed by atoms with Crippen molar-refractivity contribution in [1.82, 2.24) is 4.90 Å². The van der Waals surface area contributed by atoms with Gasteiger partial charge in [-0.1, -0.05) is 18.2 Å². The van der Waals surface area contributed by atoms with Crippen LogP contribution in [-0.2, 0) is 21.1 Å².